The molecule has 3 aromatic rings. The molecular formula is C27H28N2OS. The maximum absolute atomic E-state index is 5.74. The maximum Gasteiger partial charge on any atom is 0.117 e. The molecular weight excluding hydrogens is 400 g/mol. The van der Waals surface area contributed by atoms with Crippen molar-refractivity contribution >= 4 is 39.4 Å². The summed E-state index contributed by atoms with van der Waals surface area (Å²) in [6.45, 7) is 0. The van der Waals surface area contributed by atoms with Crippen LogP contribution in [0.1, 0.15) is 36.3 Å². The molecule has 0 amide bonds. The minimum absolute atomic E-state index is 0.344. The lowest BCUT2D eigenvalue weighted by Crippen LogP contribution is -2.23. The van der Waals surface area contributed by atoms with Crippen LogP contribution in [0.5, 0.6) is 0 Å². The number of allylic oxidation sites excluding steroid dienone is 3. The number of anilines is 1. The number of likely N-dealkylation sites (N-methyl/N-ethyl adjacent to an activating group) is 1. The highest BCUT2D eigenvalue weighted by atomic mass is 32.1. The highest BCUT2D eigenvalue weighted by Gasteiger charge is 2.25. The first kappa shape index (κ1) is 20.2. The Labute approximate surface area is 188 Å². The molecule has 158 valence electrons. The summed E-state index contributed by atoms with van der Waals surface area (Å²) in [5.41, 5.74) is 6.15. The third-order valence-corrected chi connectivity index (χ3v) is 7.45. The van der Waals surface area contributed by atoms with E-state index in [4.69, 9.17) is 9.72 Å². The van der Waals surface area contributed by atoms with Gasteiger partial charge in [-0.1, -0.05) is 42.8 Å². The smallest absolute Gasteiger partial charge is 0.117 e. The van der Waals surface area contributed by atoms with E-state index < -0.39 is 0 Å². The van der Waals surface area contributed by atoms with Gasteiger partial charge in [0, 0.05) is 25.5 Å². The Morgan fingerprint density at radius 1 is 1.10 bits per heavy atom. The molecule has 1 aromatic heterocycles. The second-order valence-electron chi connectivity index (χ2n) is 8.41. The number of hydrogen-bond donors (Lipinski definition) is 0. The van der Waals surface area contributed by atoms with E-state index in [9.17, 15) is 0 Å². The van der Waals surface area contributed by atoms with Crippen LogP contribution in [0.2, 0.25) is 0 Å². The molecule has 1 aliphatic heterocycles. The van der Waals surface area contributed by atoms with Crippen LogP contribution < -0.4 is 4.90 Å². The number of methoxy groups -OCH3 is 1. The predicted octanol–water partition coefficient (Wildman–Crippen LogP) is 6.93. The van der Waals surface area contributed by atoms with E-state index in [1.54, 1.807) is 11.3 Å². The van der Waals surface area contributed by atoms with Crippen LogP contribution in [0.4, 0.5) is 5.69 Å². The molecule has 3 nitrogen and oxygen atoms in total. The van der Waals surface area contributed by atoms with Crippen molar-refractivity contribution < 1.29 is 4.74 Å². The first-order valence-electron chi connectivity index (χ1n) is 11.0. The van der Waals surface area contributed by atoms with E-state index in [1.807, 2.05) is 7.11 Å². The molecule has 2 unspecified atom stereocenters. The van der Waals surface area contributed by atoms with Crippen LogP contribution in [0.25, 0.3) is 22.4 Å². The van der Waals surface area contributed by atoms with Crippen LogP contribution >= 0.6 is 11.3 Å². The highest BCUT2D eigenvalue weighted by Crippen LogP contribution is 2.36. The number of thiazole rings is 1. The number of benzene rings is 2. The average molecular weight is 429 g/mol. The summed E-state index contributed by atoms with van der Waals surface area (Å²) in [5.74, 6) is 0.484. The summed E-state index contributed by atoms with van der Waals surface area (Å²) in [6, 6.07) is 16.9. The number of aromatic nitrogens is 1. The standard InChI is InChI=1S/C27H28N2OS/c1-29-22(15-14-19-8-3-5-12-25(19)29)16-21(20-9-7-10-23(17-20)30-2)18-27-28-24-11-4-6-13-26(24)31-27/h3-6,8,11-16,18,20,23H,7,9-10,17H2,1-2H3/b21-18-,22-16+. The molecule has 0 radical (unpaired) electrons. The zero-order chi connectivity index (χ0) is 21.2. The Hall–Kier alpha value is -2.69. The van der Waals surface area contributed by atoms with Gasteiger partial charge in [0.15, 0.2) is 0 Å². The molecule has 0 bridgehead atoms. The largest absolute Gasteiger partial charge is 0.381 e. The molecule has 2 atom stereocenters. The minimum atomic E-state index is 0.344. The van der Waals surface area contributed by atoms with Crippen LogP contribution in [0.15, 0.2) is 72.0 Å². The van der Waals surface area contributed by atoms with Gasteiger partial charge in [-0.15, -0.1) is 11.3 Å². The molecule has 0 N–H and O–H groups in total. The van der Waals surface area contributed by atoms with Crippen molar-refractivity contribution in [3.63, 3.8) is 0 Å². The molecule has 0 saturated heterocycles. The number of nitrogens with zero attached hydrogens (tertiary/aromatic N) is 2. The average Bonchev–Trinajstić information content (AvgIpc) is 3.23. The van der Waals surface area contributed by atoms with Crippen LogP contribution in [0, 0.1) is 5.92 Å². The third-order valence-electron chi connectivity index (χ3n) is 6.47. The lowest BCUT2D eigenvalue weighted by atomic mass is 9.81. The number of hydrogen-bond acceptors (Lipinski definition) is 4. The zero-order valence-electron chi connectivity index (χ0n) is 18.1. The van der Waals surface area contributed by atoms with Crippen molar-refractivity contribution in [2.24, 2.45) is 5.92 Å². The molecule has 2 aliphatic rings. The first-order chi connectivity index (χ1) is 15.2. The number of rotatable bonds is 4. The highest BCUT2D eigenvalue weighted by molar-refractivity contribution is 7.19. The number of para-hydroxylation sites is 2. The van der Waals surface area contributed by atoms with E-state index in [-0.39, 0.29) is 0 Å². The van der Waals surface area contributed by atoms with Gasteiger partial charge in [0.2, 0.25) is 0 Å². The fraction of sp³-hybridized carbons (Fsp3) is 0.296. The van der Waals surface area contributed by atoms with Gasteiger partial charge in [0.25, 0.3) is 0 Å². The molecule has 4 heteroatoms. The Morgan fingerprint density at radius 3 is 2.81 bits per heavy atom. The minimum Gasteiger partial charge on any atom is -0.381 e. The predicted molar refractivity (Wildman–Crippen MR) is 132 cm³/mol. The van der Waals surface area contributed by atoms with Crippen LogP contribution in [0.3, 0.4) is 0 Å². The van der Waals surface area contributed by atoms with E-state index in [0.717, 1.165) is 23.4 Å². The summed E-state index contributed by atoms with van der Waals surface area (Å²) >= 11 is 1.77. The molecule has 1 fully saturated rings. The first-order valence-corrected chi connectivity index (χ1v) is 11.9. The van der Waals surface area contributed by atoms with Crippen LogP contribution in [-0.4, -0.2) is 25.2 Å². The zero-order valence-corrected chi connectivity index (χ0v) is 18.9. The molecule has 2 heterocycles. The normalized spacial score (nSPS) is 22.8. The Balaban J connectivity index is 1.55. The van der Waals surface area contributed by atoms with Gasteiger partial charge in [-0.3, -0.25) is 0 Å². The van der Waals surface area contributed by atoms with Gasteiger partial charge >= 0.3 is 0 Å². The van der Waals surface area contributed by atoms with Gasteiger partial charge in [-0.2, -0.15) is 0 Å². The van der Waals surface area contributed by atoms with E-state index in [0.29, 0.717) is 12.0 Å². The molecule has 5 rings (SSSR count). The van der Waals surface area contributed by atoms with E-state index >= 15 is 0 Å². The lowest BCUT2D eigenvalue weighted by molar-refractivity contribution is 0.0578. The van der Waals surface area contributed by atoms with Gasteiger partial charge in [-0.05, 0) is 72.7 Å². The van der Waals surface area contributed by atoms with Gasteiger partial charge < -0.3 is 9.64 Å². The summed E-state index contributed by atoms with van der Waals surface area (Å²) in [7, 11) is 4.00. The number of ether oxygens (including phenoxy) is 1. The van der Waals surface area contributed by atoms with Crippen molar-refractivity contribution in [2.45, 2.75) is 31.8 Å². The van der Waals surface area contributed by atoms with Gasteiger partial charge in [0.05, 0.1) is 16.3 Å². The van der Waals surface area contributed by atoms with Crippen LogP contribution in [-0.2, 0) is 4.74 Å². The van der Waals surface area contributed by atoms with Gasteiger partial charge in [-0.25, -0.2) is 4.98 Å². The van der Waals surface area contributed by atoms with E-state index in [1.165, 1.54) is 40.1 Å². The second kappa shape index (κ2) is 8.81. The monoisotopic (exact) mass is 428 g/mol. The Morgan fingerprint density at radius 2 is 1.94 bits per heavy atom. The number of fused-ring (bicyclic) bond motifs is 2. The van der Waals surface area contributed by atoms with Crippen molar-refractivity contribution in [2.75, 3.05) is 19.1 Å². The molecule has 31 heavy (non-hydrogen) atoms. The third kappa shape index (κ3) is 4.23. The molecule has 1 aliphatic carbocycles. The molecule has 1 saturated carbocycles. The summed E-state index contributed by atoms with van der Waals surface area (Å²) in [6.07, 6.45) is 14.1. The van der Waals surface area contributed by atoms with Crippen molar-refractivity contribution in [3.05, 3.63) is 82.5 Å². The Bertz CT molecular complexity index is 1140. The second-order valence-corrected chi connectivity index (χ2v) is 9.47. The molecule has 2 aromatic carbocycles. The maximum atomic E-state index is 5.74. The SMILES string of the molecule is COC1CCCC(C(=C\c2nc3ccccc3s2)/C=C2\C=Cc3ccccc3N2C)C1. The summed E-state index contributed by atoms with van der Waals surface area (Å²) in [5, 5.41) is 1.08. The Kier molecular flexibility index (Phi) is 5.75. The van der Waals surface area contributed by atoms with E-state index in [2.05, 4.69) is 84.8 Å². The fourth-order valence-electron chi connectivity index (χ4n) is 4.71. The molecule has 0 spiro atoms. The van der Waals surface area contributed by atoms with Crippen molar-refractivity contribution in [1.82, 2.24) is 4.98 Å². The lowest BCUT2D eigenvalue weighted by Gasteiger charge is -2.31. The summed E-state index contributed by atoms with van der Waals surface area (Å²) < 4.78 is 6.98. The topological polar surface area (TPSA) is 25.4 Å². The quantitative estimate of drug-likeness (QED) is 0.450. The fourth-order valence-corrected chi connectivity index (χ4v) is 5.64. The van der Waals surface area contributed by atoms with Gasteiger partial charge in [0.1, 0.15) is 5.01 Å². The summed E-state index contributed by atoms with van der Waals surface area (Å²) in [4.78, 5) is 7.17. The van der Waals surface area contributed by atoms with Crippen molar-refractivity contribution in [1.29, 1.82) is 0 Å². The van der Waals surface area contributed by atoms with Crippen molar-refractivity contribution in [3.8, 4) is 0 Å².